The molecule has 0 aromatic heterocycles. The molecule has 0 atom stereocenters. The number of carbonyl (C=O) groups excluding carboxylic acids is 1. The zero-order chi connectivity index (χ0) is 13.8. The fourth-order valence-corrected chi connectivity index (χ4v) is 2.16. The molecule has 0 aliphatic heterocycles. The quantitative estimate of drug-likeness (QED) is 0.617. The summed E-state index contributed by atoms with van der Waals surface area (Å²) in [6, 6.07) is 0. The van der Waals surface area contributed by atoms with E-state index < -0.39 is 0 Å². The van der Waals surface area contributed by atoms with Gasteiger partial charge in [-0.2, -0.15) is 0 Å². The van der Waals surface area contributed by atoms with E-state index in [1.807, 2.05) is 4.90 Å². The lowest BCUT2D eigenvalue weighted by atomic mass is 9.96. The summed E-state index contributed by atoms with van der Waals surface area (Å²) in [4.78, 5) is 14.4. The Bertz CT molecular complexity index is 196. The van der Waals surface area contributed by atoms with Crippen molar-refractivity contribution >= 4 is 5.91 Å². The molecule has 4 heteroatoms. The van der Waals surface area contributed by atoms with E-state index in [1.54, 1.807) is 7.11 Å². The maximum absolute atomic E-state index is 12.5. The van der Waals surface area contributed by atoms with Gasteiger partial charge in [-0.15, -0.1) is 0 Å². The zero-order valence-electron chi connectivity index (χ0n) is 12.3. The maximum atomic E-state index is 12.5. The molecule has 0 aromatic rings. The predicted molar refractivity (Wildman–Crippen MR) is 75.4 cm³/mol. The van der Waals surface area contributed by atoms with Crippen molar-refractivity contribution in [1.82, 2.24) is 4.90 Å². The Labute approximate surface area is 112 Å². The molecule has 108 valence electrons. The van der Waals surface area contributed by atoms with Crippen LogP contribution in [0.3, 0.4) is 0 Å². The molecule has 0 fully saturated rings. The summed E-state index contributed by atoms with van der Waals surface area (Å²) in [6.45, 7) is 6.93. The summed E-state index contributed by atoms with van der Waals surface area (Å²) in [5, 5.41) is 0. The van der Waals surface area contributed by atoms with Gasteiger partial charge in [0.2, 0.25) is 5.91 Å². The van der Waals surface area contributed by atoms with E-state index in [-0.39, 0.29) is 11.8 Å². The summed E-state index contributed by atoms with van der Waals surface area (Å²) in [5.41, 5.74) is 5.53. The summed E-state index contributed by atoms with van der Waals surface area (Å²) in [7, 11) is 1.67. The first-order valence-corrected chi connectivity index (χ1v) is 7.18. The molecule has 0 aliphatic carbocycles. The molecule has 0 spiro atoms. The second-order valence-corrected chi connectivity index (χ2v) is 4.73. The lowest BCUT2D eigenvalue weighted by Crippen LogP contribution is -2.39. The first-order chi connectivity index (χ1) is 8.71. The number of hydrogen-bond donors (Lipinski definition) is 1. The number of rotatable bonds is 11. The highest BCUT2D eigenvalue weighted by Crippen LogP contribution is 2.17. The Morgan fingerprint density at radius 3 is 2.28 bits per heavy atom. The van der Waals surface area contributed by atoms with E-state index in [4.69, 9.17) is 10.5 Å². The van der Waals surface area contributed by atoms with Crippen molar-refractivity contribution in [2.75, 3.05) is 33.4 Å². The van der Waals surface area contributed by atoms with E-state index >= 15 is 0 Å². The van der Waals surface area contributed by atoms with Crippen LogP contribution < -0.4 is 5.73 Å². The van der Waals surface area contributed by atoms with Gasteiger partial charge in [0.05, 0.1) is 6.61 Å². The number of hydrogen-bond acceptors (Lipinski definition) is 3. The second kappa shape index (κ2) is 11.5. The Morgan fingerprint density at radius 2 is 1.83 bits per heavy atom. The summed E-state index contributed by atoms with van der Waals surface area (Å²) >= 11 is 0. The Hall–Kier alpha value is -0.610. The number of nitrogens with zero attached hydrogens (tertiary/aromatic N) is 1. The van der Waals surface area contributed by atoms with E-state index in [0.717, 1.165) is 38.6 Å². The lowest BCUT2D eigenvalue weighted by Gasteiger charge is -2.27. The SMILES string of the molecule is CCCC(CCC)C(=O)N(CCCN)CCOC. The van der Waals surface area contributed by atoms with E-state index in [0.29, 0.717) is 19.7 Å². The first-order valence-electron chi connectivity index (χ1n) is 7.18. The topological polar surface area (TPSA) is 55.6 Å². The van der Waals surface area contributed by atoms with Crippen LogP contribution in [0.2, 0.25) is 0 Å². The average Bonchev–Trinajstić information content (AvgIpc) is 2.38. The smallest absolute Gasteiger partial charge is 0.225 e. The van der Waals surface area contributed by atoms with Crippen molar-refractivity contribution < 1.29 is 9.53 Å². The van der Waals surface area contributed by atoms with Crippen LogP contribution in [0.1, 0.15) is 46.0 Å². The summed E-state index contributed by atoms with van der Waals surface area (Å²) in [6.07, 6.45) is 4.95. The van der Waals surface area contributed by atoms with Crippen LogP contribution in [-0.4, -0.2) is 44.2 Å². The van der Waals surface area contributed by atoms with Crippen LogP contribution in [0.15, 0.2) is 0 Å². The monoisotopic (exact) mass is 258 g/mol. The van der Waals surface area contributed by atoms with Crippen molar-refractivity contribution in [3.05, 3.63) is 0 Å². The number of carbonyl (C=O) groups is 1. The maximum Gasteiger partial charge on any atom is 0.225 e. The molecular formula is C14H30N2O2. The zero-order valence-corrected chi connectivity index (χ0v) is 12.3. The molecule has 4 nitrogen and oxygen atoms in total. The van der Waals surface area contributed by atoms with Gasteiger partial charge in [-0.25, -0.2) is 0 Å². The first kappa shape index (κ1) is 17.4. The number of methoxy groups -OCH3 is 1. The summed E-state index contributed by atoms with van der Waals surface area (Å²) < 4.78 is 5.08. The molecule has 0 aromatic carbocycles. The molecule has 0 heterocycles. The van der Waals surface area contributed by atoms with Crippen molar-refractivity contribution in [2.45, 2.75) is 46.0 Å². The van der Waals surface area contributed by atoms with Gasteiger partial charge in [-0.1, -0.05) is 26.7 Å². The van der Waals surface area contributed by atoms with E-state index in [1.165, 1.54) is 0 Å². The molecule has 0 rings (SSSR count). The highest BCUT2D eigenvalue weighted by Gasteiger charge is 2.22. The Balaban J connectivity index is 4.45. The molecular weight excluding hydrogens is 228 g/mol. The molecule has 2 N–H and O–H groups in total. The van der Waals surface area contributed by atoms with Crippen LogP contribution in [0.25, 0.3) is 0 Å². The lowest BCUT2D eigenvalue weighted by molar-refractivity contribution is -0.136. The van der Waals surface area contributed by atoms with Crippen LogP contribution >= 0.6 is 0 Å². The van der Waals surface area contributed by atoms with Gasteiger partial charge in [0.1, 0.15) is 0 Å². The third kappa shape index (κ3) is 6.97. The minimum atomic E-state index is 0.176. The molecule has 0 saturated carbocycles. The minimum Gasteiger partial charge on any atom is -0.383 e. The molecule has 0 saturated heterocycles. The van der Waals surface area contributed by atoms with Crippen LogP contribution in [0.4, 0.5) is 0 Å². The molecule has 1 amide bonds. The van der Waals surface area contributed by atoms with Gasteiger partial charge in [-0.3, -0.25) is 4.79 Å². The third-order valence-electron chi connectivity index (χ3n) is 3.13. The van der Waals surface area contributed by atoms with Gasteiger partial charge in [0.15, 0.2) is 0 Å². The van der Waals surface area contributed by atoms with Crippen molar-refractivity contribution in [3.8, 4) is 0 Å². The fraction of sp³-hybridized carbons (Fsp3) is 0.929. The Morgan fingerprint density at radius 1 is 1.22 bits per heavy atom. The van der Waals surface area contributed by atoms with Crippen LogP contribution in [-0.2, 0) is 9.53 Å². The normalized spacial score (nSPS) is 10.9. The summed E-state index contributed by atoms with van der Waals surface area (Å²) in [5.74, 6) is 0.457. The predicted octanol–water partition coefficient (Wildman–Crippen LogP) is 2.03. The van der Waals surface area contributed by atoms with Crippen LogP contribution in [0, 0.1) is 5.92 Å². The number of amides is 1. The van der Waals surface area contributed by atoms with E-state index in [2.05, 4.69) is 13.8 Å². The number of nitrogens with two attached hydrogens (primary N) is 1. The van der Waals surface area contributed by atoms with E-state index in [9.17, 15) is 4.79 Å². The largest absolute Gasteiger partial charge is 0.383 e. The standard InChI is InChI=1S/C14H30N2O2/c1-4-7-13(8-5-2)14(17)16(10-6-9-15)11-12-18-3/h13H,4-12,15H2,1-3H3. The van der Waals surface area contributed by atoms with Crippen molar-refractivity contribution in [1.29, 1.82) is 0 Å². The van der Waals surface area contributed by atoms with Gasteiger partial charge in [0.25, 0.3) is 0 Å². The minimum absolute atomic E-state index is 0.176. The molecule has 0 radical (unpaired) electrons. The van der Waals surface area contributed by atoms with Gasteiger partial charge in [-0.05, 0) is 25.8 Å². The molecule has 0 aliphatic rings. The number of ether oxygens (including phenoxy) is 1. The van der Waals surface area contributed by atoms with Gasteiger partial charge >= 0.3 is 0 Å². The average molecular weight is 258 g/mol. The highest BCUT2D eigenvalue weighted by atomic mass is 16.5. The van der Waals surface area contributed by atoms with Crippen LogP contribution in [0.5, 0.6) is 0 Å². The van der Waals surface area contributed by atoms with Crippen molar-refractivity contribution in [2.24, 2.45) is 11.7 Å². The van der Waals surface area contributed by atoms with Gasteiger partial charge < -0.3 is 15.4 Å². The second-order valence-electron chi connectivity index (χ2n) is 4.73. The van der Waals surface area contributed by atoms with Gasteiger partial charge in [0, 0.05) is 26.1 Å². The molecule has 0 unspecified atom stereocenters. The molecule has 0 bridgehead atoms. The Kier molecular flexibility index (Phi) is 11.1. The third-order valence-corrected chi connectivity index (χ3v) is 3.13. The fourth-order valence-electron chi connectivity index (χ4n) is 2.16. The highest BCUT2D eigenvalue weighted by molar-refractivity contribution is 5.78. The molecule has 18 heavy (non-hydrogen) atoms. The van der Waals surface area contributed by atoms with Crippen molar-refractivity contribution in [3.63, 3.8) is 0 Å².